The molecule has 0 aromatic heterocycles. The van der Waals surface area contributed by atoms with Gasteiger partial charge in [-0.3, -0.25) is 9.59 Å². The first kappa shape index (κ1) is 16.2. The molecule has 0 bridgehead atoms. The fourth-order valence-corrected chi connectivity index (χ4v) is 3.16. The SMILES string of the molecule is CCc1ccccc1N1C[C@H](C(=O)Nc2cccc(C)c2)CC1=O. The molecule has 2 amide bonds. The Morgan fingerprint density at radius 3 is 2.75 bits per heavy atom. The van der Waals surface area contributed by atoms with E-state index in [1.165, 1.54) is 0 Å². The van der Waals surface area contributed by atoms with Gasteiger partial charge in [0.05, 0.1) is 5.92 Å². The van der Waals surface area contributed by atoms with Crippen LogP contribution < -0.4 is 10.2 Å². The molecule has 0 aliphatic carbocycles. The van der Waals surface area contributed by atoms with Gasteiger partial charge in [-0.25, -0.2) is 0 Å². The van der Waals surface area contributed by atoms with Crippen LogP contribution in [0.2, 0.25) is 0 Å². The van der Waals surface area contributed by atoms with Gasteiger partial charge >= 0.3 is 0 Å². The van der Waals surface area contributed by atoms with Gasteiger partial charge in [-0.05, 0) is 42.7 Å². The summed E-state index contributed by atoms with van der Waals surface area (Å²) in [6, 6.07) is 15.6. The minimum atomic E-state index is -0.317. The Hall–Kier alpha value is -2.62. The second-order valence-corrected chi connectivity index (χ2v) is 6.25. The summed E-state index contributed by atoms with van der Waals surface area (Å²) in [7, 11) is 0. The van der Waals surface area contributed by atoms with E-state index in [0.717, 1.165) is 28.9 Å². The first-order chi connectivity index (χ1) is 11.6. The molecule has 0 saturated carbocycles. The third kappa shape index (κ3) is 3.32. The van der Waals surface area contributed by atoms with E-state index in [2.05, 4.69) is 12.2 Å². The number of para-hydroxylation sites is 1. The van der Waals surface area contributed by atoms with Gasteiger partial charge in [0.25, 0.3) is 0 Å². The van der Waals surface area contributed by atoms with Crippen molar-refractivity contribution in [2.75, 3.05) is 16.8 Å². The molecule has 2 aromatic rings. The third-order valence-corrected chi connectivity index (χ3v) is 4.44. The molecule has 3 rings (SSSR count). The van der Waals surface area contributed by atoms with Gasteiger partial charge in [-0.15, -0.1) is 0 Å². The summed E-state index contributed by atoms with van der Waals surface area (Å²) in [6.45, 7) is 4.49. The Kier molecular flexibility index (Phi) is 4.65. The number of hydrogen-bond donors (Lipinski definition) is 1. The molecule has 0 radical (unpaired) electrons. The first-order valence-corrected chi connectivity index (χ1v) is 8.34. The summed E-state index contributed by atoms with van der Waals surface area (Å²) in [5.41, 5.74) is 3.93. The lowest BCUT2D eigenvalue weighted by atomic mass is 10.1. The molecule has 24 heavy (non-hydrogen) atoms. The van der Waals surface area contributed by atoms with Crippen molar-refractivity contribution in [1.82, 2.24) is 0 Å². The summed E-state index contributed by atoms with van der Waals surface area (Å²) in [5.74, 6) is -0.395. The molecule has 1 N–H and O–H groups in total. The molecule has 1 saturated heterocycles. The fraction of sp³-hybridized carbons (Fsp3) is 0.300. The van der Waals surface area contributed by atoms with E-state index in [9.17, 15) is 9.59 Å². The number of rotatable bonds is 4. The number of hydrogen-bond acceptors (Lipinski definition) is 2. The average molecular weight is 322 g/mol. The highest BCUT2D eigenvalue weighted by atomic mass is 16.2. The molecule has 1 fully saturated rings. The second kappa shape index (κ2) is 6.87. The van der Waals surface area contributed by atoms with Crippen LogP contribution in [0.1, 0.15) is 24.5 Å². The number of nitrogens with zero attached hydrogens (tertiary/aromatic N) is 1. The van der Waals surface area contributed by atoms with Gasteiger partial charge in [0, 0.05) is 24.3 Å². The second-order valence-electron chi connectivity index (χ2n) is 6.25. The molecule has 4 nitrogen and oxygen atoms in total. The van der Waals surface area contributed by atoms with Crippen LogP contribution in [0.4, 0.5) is 11.4 Å². The minimum absolute atomic E-state index is 0.0142. The highest BCUT2D eigenvalue weighted by Gasteiger charge is 2.35. The Bertz CT molecular complexity index is 770. The zero-order valence-electron chi connectivity index (χ0n) is 14.1. The maximum Gasteiger partial charge on any atom is 0.229 e. The normalized spacial score (nSPS) is 17.2. The Balaban J connectivity index is 1.73. The average Bonchev–Trinajstić information content (AvgIpc) is 2.96. The van der Waals surface area contributed by atoms with Gasteiger partial charge < -0.3 is 10.2 Å². The van der Waals surface area contributed by atoms with Crippen LogP contribution in [0.5, 0.6) is 0 Å². The van der Waals surface area contributed by atoms with Crippen LogP contribution >= 0.6 is 0 Å². The van der Waals surface area contributed by atoms with Crippen LogP contribution in [0.15, 0.2) is 48.5 Å². The summed E-state index contributed by atoms with van der Waals surface area (Å²) in [6.07, 6.45) is 1.12. The number of amides is 2. The molecule has 0 spiro atoms. The molecule has 124 valence electrons. The number of carbonyl (C=O) groups is 2. The van der Waals surface area contributed by atoms with Crippen molar-refractivity contribution in [2.24, 2.45) is 5.92 Å². The highest BCUT2D eigenvalue weighted by Crippen LogP contribution is 2.29. The van der Waals surface area contributed by atoms with Gasteiger partial charge in [-0.2, -0.15) is 0 Å². The van der Waals surface area contributed by atoms with Crippen molar-refractivity contribution < 1.29 is 9.59 Å². The number of benzene rings is 2. The largest absolute Gasteiger partial charge is 0.326 e. The summed E-state index contributed by atoms with van der Waals surface area (Å²) in [4.78, 5) is 26.7. The molecule has 1 aliphatic rings. The van der Waals surface area contributed by atoms with E-state index in [1.54, 1.807) is 4.90 Å². The fourth-order valence-electron chi connectivity index (χ4n) is 3.16. The topological polar surface area (TPSA) is 49.4 Å². The minimum Gasteiger partial charge on any atom is -0.326 e. The lowest BCUT2D eigenvalue weighted by Crippen LogP contribution is -2.28. The van der Waals surface area contributed by atoms with E-state index in [4.69, 9.17) is 0 Å². The molecule has 1 atom stereocenters. The zero-order valence-corrected chi connectivity index (χ0v) is 14.1. The molecular formula is C20H22N2O2. The molecular weight excluding hydrogens is 300 g/mol. The van der Waals surface area contributed by atoms with E-state index in [0.29, 0.717) is 6.54 Å². The molecule has 1 heterocycles. The third-order valence-electron chi connectivity index (χ3n) is 4.44. The lowest BCUT2D eigenvalue weighted by molar-refractivity contribution is -0.122. The lowest BCUT2D eigenvalue weighted by Gasteiger charge is -2.20. The van der Waals surface area contributed by atoms with E-state index >= 15 is 0 Å². The Labute approximate surface area is 142 Å². The van der Waals surface area contributed by atoms with Gasteiger partial charge in [0.1, 0.15) is 0 Å². The monoisotopic (exact) mass is 322 g/mol. The van der Waals surface area contributed by atoms with E-state index < -0.39 is 0 Å². The van der Waals surface area contributed by atoms with Crippen LogP contribution in [-0.2, 0) is 16.0 Å². The summed E-state index contributed by atoms with van der Waals surface area (Å²) in [5, 5.41) is 2.93. The van der Waals surface area contributed by atoms with Crippen LogP contribution in [0.3, 0.4) is 0 Å². The van der Waals surface area contributed by atoms with Crippen molar-refractivity contribution in [3.63, 3.8) is 0 Å². The van der Waals surface area contributed by atoms with Crippen molar-refractivity contribution in [2.45, 2.75) is 26.7 Å². The maximum absolute atomic E-state index is 12.5. The molecule has 0 unspecified atom stereocenters. The summed E-state index contributed by atoms with van der Waals surface area (Å²) >= 11 is 0. The summed E-state index contributed by atoms with van der Waals surface area (Å²) < 4.78 is 0. The quantitative estimate of drug-likeness (QED) is 0.936. The first-order valence-electron chi connectivity index (χ1n) is 8.34. The Morgan fingerprint density at radius 1 is 1.21 bits per heavy atom. The molecule has 2 aromatic carbocycles. The van der Waals surface area contributed by atoms with Crippen LogP contribution in [0.25, 0.3) is 0 Å². The van der Waals surface area contributed by atoms with Crippen molar-refractivity contribution >= 4 is 23.2 Å². The number of carbonyl (C=O) groups excluding carboxylic acids is 2. The number of anilines is 2. The standard InChI is InChI=1S/C20H22N2O2/c1-3-15-8-4-5-10-18(15)22-13-16(12-19(22)23)20(24)21-17-9-6-7-14(2)11-17/h4-11,16H,3,12-13H2,1-2H3,(H,21,24)/t16-/m1/s1. The Morgan fingerprint density at radius 2 is 2.00 bits per heavy atom. The van der Waals surface area contributed by atoms with Crippen molar-refractivity contribution in [3.05, 3.63) is 59.7 Å². The number of nitrogens with one attached hydrogen (secondary N) is 1. The van der Waals surface area contributed by atoms with Crippen molar-refractivity contribution in [1.29, 1.82) is 0 Å². The smallest absolute Gasteiger partial charge is 0.229 e. The number of aryl methyl sites for hydroxylation is 2. The molecule has 1 aliphatic heterocycles. The highest BCUT2D eigenvalue weighted by molar-refractivity contribution is 6.03. The van der Waals surface area contributed by atoms with Gasteiger partial charge in [-0.1, -0.05) is 37.3 Å². The predicted octanol–water partition coefficient (Wildman–Crippen LogP) is 3.55. The van der Waals surface area contributed by atoms with Gasteiger partial charge in [0.2, 0.25) is 11.8 Å². The van der Waals surface area contributed by atoms with E-state index in [1.807, 2.05) is 55.5 Å². The van der Waals surface area contributed by atoms with Crippen molar-refractivity contribution in [3.8, 4) is 0 Å². The van der Waals surface area contributed by atoms with Crippen LogP contribution in [-0.4, -0.2) is 18.4 Å². The van der Waals surface area contributed by atoms with E-state index in [-0.39, 0.29) is 24.2 Å². The molecule has 4 heteroatoms. The maximum atomic E-state index is 12.5. The zero-order chi connectivity index (χ0) is 17.1. The van der Waals surface area contributed by atoms with Gasteiger partial charge in [0.15, 0.2) is 0 Å². The van der Waals surface area contributed by atoms with Crippen LogP contribution in [0, 0.1) is 12.8 Å². The predicted molar refractivity (Wildman–Crippen MR) is 96.1 cm³/mol.